The van der Waals surface area contributed by atoms with E-state index in [4.69, 9.17) is 0 Å². The largest absolute Gasteiger partial charge is 1.00 e. The molecular formula is C22H18ClFN2. The molecule has 1 unspecified atom stereocenters. The average Bonchev–Trinajstić information content (AvgIpc) is 3.21. The van der Waals surface area contributed by atoms with Crippen molar-refractivity contribution in [3.63, 3.8) is 0 Å². The van der Waals surface area contributed by atoms with Gasteiger partial charge in [-0.05, 0) is 24.3 Å². The van der Waals surface area contributed by atoms with Gasteiger partial charge < -0.3 is 12.4 Å². The van der Waals surface area contributed by atoms with Gasteiger partial charge in [-0.1, -0.05) is 60.7 Å². The van der Waals surface area contributed by atoms with Gasteiger partial charge in [0.15, 0.2) is 11.9 Å². The Morgan fingerprint density at radius 1 is 0.692 bits per heavy atom. The third-order valence-electron chi connectivity index (χ3n) is 4.68. The number of quaternary nitrogens is 1. The molecule has 0 saturated carbocycles. The van der Waals surface area contributed by atoms with E-state index in [1.165, 1.54) is 12.1 Å². The summed E-state index contributed by atoms with van der Waals surface area (Å²) < 4.78 is 13.6. The average molecular weight is 365 g/mol. The van der Waals surface area contributed by atoms with Gasteiger partial charge in [-0.25, -0.2) is 14.3 Å². The Hall–Kier alpha value is -2.75. The first-order chi connectivity index (χ1) is 12.3. The highest BCUT2D eigenvalue weighted by Crippen LogP contribution is 2.34. The Kier molecular flexibility index (Phi) is 5.31. The molecule has 1 atom stereocenters. The zero-order chi connectivity index (χ0) is 17.1. The number of hydrogen-bond donors (Lipinski definition) is 1. The molecular weight excluding hydrogens is 347 g/mol. The van der Waals surface area contributed by atoms with Crippen molar-refractivity contribution in [3.8, 4) is 0 Å². The van der Waals surface area contributed by atoms with Crippen LogP contribution in [0.25, 0.3) is 0 Å². The lowest BCUT2D eigenvalue weighted by molar-refractivity contribution is -0.795. The summed E-state index contributed by atoms with van der Waals surface area (Å²) >= 11 is 0. The summed E-state index contributed by atoms with van der Waals surface area (Å²) in [5.41, 5.74) is 2.73. The van der Waals surface area contributed by atoms with E-state index in [9.17, 15) is 4.39 Å². The maximum absolute atomic E-state index is 13.6. The van der Waals surface area contributed by atoms with Crippen LogP contribution < -0.4 is 17.3 Å². The first-order valence-electron chi connectivity index (χ1n) is 8.26. The van der Waals surface area contributed by atoms with Crippen molar-refractivity contribution < 1.29 is 21.7 Å². The van der Waals surface area contributed by atoms with Gasteiger partial charge in [-0.2, -0.15) is 0 Å². The fourth-order valence-electron chi connectivity index (χ4n) is 3.59. The second-order valence-electron chi connectivity index (χ2n) is 6.04. The quantitative estimate of drug-likeness (QED) is 0.650. The van der Waals surface area contributed by atoms with Crippen LogP contribution in [0.4, 0.5) is 4.39 Å². The molecule has 0 aliphatic carbocycles. The van der Waals surface area contributed by atoms with Crippen molar-refractivity contribution in [1.82, 2.24) is 0 Å². The van der Waals surface area contributed by atoms with Gasteiger partial charge in [0.1, 0.15) is 12.0 Å². The van der Waals surface area contributed by atoms with Crippen LogP contribution in [0.15, 0.2) is 102 Å². The van der Waals surface area contributed by atoms with E-state index in [0.29, 0.717) is 0 Å². The molecule has 0 radical (unpaired) electrons. The molecule has 3 aromatic rings. The molecule has 1 heterocycles. The topological polar surface area (TPSA) is 16.8 Å². The standard InChI is InChI=1S/C22H17FN2.ClH/c23-21-13-11-20(12-14-21)22(25-16-15-24-17-25,18-7-3-1-4-8-18)19-9-5-2-6-10-19;/h1-17H;1H. The van der Waals surface area contributed by atoms with Crippen molar-refractivity contribution in [2.24, 2.45) is 4.99 Å². The van der Waals surface area contributed by atoms with Crippen molar-refractivity contribution in [2.75, 3.05) is 0 Å². The van der Waals surface area contributed by atoms with Gasteiger partial charge >= 0.3 is 0 Å². The number of halogens is 2. The molecule has 2 nitrogen and oxygen atoms in total. The molecule has 0 bridgehead atoms. The predicted molar refractivity (Wildman–Crippen MR) is 97.8 cm³/mol. The second kappa shape index (κ2) is 7.65. The maximum atomic E-state index is 13.6. The number of rotatable bonds is 4. The Balaban J connectivity index is 0.00000196. The molecule has 0 saturated heterocycles. The summed E-state index contributed by atoms with van der Waals surface area (Å²) in [6, 6.07) is 27.4. The summed E-state index contributed by atoms with van der Waals surface area (Å²) in [6.07, 6.45) is 5.73. The summed E-state index contributed by atoms with van der Waals surface area (Å²) in [7, 11) is 0. The molecule has 3 aromatic carbocycles. The van der Waals surface area contributed by atoms with Crippen molar-refractivity contribution >= 4 is 6.34 Å². The normalized spacial score (nSPS) is 15.7. The highest BCUT2D eigenvalue weighted by Gasteiger charge is 2.46. The number of nitrogens with one attached hydrogen (secondary N) is 1. The number of benzene rings is 3. The second-order valence-corrected chi connectivity index (χ2v) is 6.04. The van der Waals surface area contributed by atoms with Crippen LogP contribution in [0.2, 0.25) is 0 Å². The van der Waals surface area contributed by atoms with Gasteiger partial charge in [0.25, 0.3) is 0 Å². The monoisotopic (exact) mass is 364 g/mol. The zero-order valence-electron chi connectivity index (χ0n) is 14.0. The van der Waals surface area contributed by atoms with Gasteiger partial charge in [0, 0.05) is 16.7 Å². The Bertz CT molecular complexity index is 854. The van der Waals surface area contributed by atoms with Crippen molar-refractivity contribution in [3.05, 3.63) is 120 Å². The van der Waals surface area contributed by atoms with E-state index in [1.54, 1.807) is 6.20 Å². The third kappa shape index (κ3) is 2.96. The molecule has 0 fully saturated rings. The lowest BCUT2D eigenvalue weighted by atomic mass is 9.76. The molecule has 1 aliphatic heterocycles. The van der Waals surface area contributed by atoms with Crippen molar-refractivity contribution in [1.29, 1.82) is 0 Å². The Morgan fingerprint density at radius 2 is 1.19 bits per heavy atom. The van der Waals surface area contributed by atoms with Crippen molar-refractivity contribution in [2.45, 2.75) is 5.54 Å². The summed E-state index contributed by atoms with van der Waals surface area (Å²) in [5, 5.41) is 0. The number of hydrogen-bond acceptors (Lipinski definition) is 1. The van der Waals surface area contributed by atoms with E-state index < -0.39 is 5.54 Å². The predicted octanol–water partition coefficient (Wildman–Crippen LogP) is 0.520. The number of nitrogens with zero attached hydrogens (tertiary/aromatic N) is 1. The summed E-state index contributed by atoms with van der Waals surface area (Å²) in [5.74, 6) is -0.237. The van der Waals surface area contributed by atoms with E-state index in [1.807, 2.05) is 61.1 Å². The van der Waals surface area contributed by atoms with E-state index >= 15 is 0 Å². The van der Waals surface area contributed by atoms with Gasteiger partial charge in [0.05, 0.1) is 6.20 Å². The molecule has 4 heteroatoms. The van der Waals surface area contributed by atoms with Crippen LogP contribution in [0.5, 0.6) is 0 Å². The SMILES string of the molecule is Fc1ccc(C(c2ccccc2)(c2ccccc2)[NH+]2C=CN=C2)cc1.[Cl-]. The minimum Gasteiger partial charge on any atom is -1.00 e. The highest BCUT2D eigenvalue weighted by molar-refractivity contribution is 5.55. The van der Waals surface area contributed by atoms with Crippen LogP contribution in [0, 0.1) is 5.82 Å². The summed E-state index contributed by atoms with van der Waals surface area (Å²) in [4.78, 5) is 5.37. The van der Waals surface area contributed by atoms with E-state index in [-0.39, 0.29) is 18.2 Å². The summed E-state index contributed by atoms with van der Waals surface area (Å²) in [6.45, 7) is 0. The Labute approximate surface area is 158 Å². The maximum Gasteiger partial charge on any atom is 0.194 e. The molecule has 130 valence electrons. The smallest absolute Gasteiger partial charge is 0.194 e. The number of aliphatic imine (C=N–C) groups is 1. The lowest BCUT2D eigenvalue weighted by Crippen LogP contribution is -3.13. The molecule has 1 N–H and O–H groups in total. The van der Waals surface area contributed by atoms with Gasteiger partial charge in [0.2, 0.25) is 0 Å². The zero-order valence-corrected chi connectivity index (χ0v) is 14.8. The molecule has 0 spiro atoms. The molecule has 26 heavy (non-hydrogen) atoms. The first-order valence-corrected chi connectivity index (χ1v) is 8.26. The van der Waals surface area contributed by atoms with E-state index in [2.05, 4.69) is 29.3 Å². The van der Waals surface area contributed by atoms with Gasteiger partial charge in [-0.3, -0.25) is 0 Å². The third-order valence-corrected chi connectivity index (χ3v) is 4.68. The fourth-order valence-corrected chi connectivity index (χ4v) is 3.59. The Morgan fingerprint density at radius 3 is 1.65 bits per heavy atom. The lowest BCUT2D eigenvalue weighted by Gasteiger charge is -2.37. The minimum absolute atomic E-state index is 0. The molecule has 4 rings (SSSR count). The minimum atomic E-state index is -0.535. The van der Waals surface area contributed by atoms with E-state index in [0.717, 1.165) is 21.6 Å². The van der Waals surface area contributed by atoms with Crippen LogP contribution in [0.3, 0.4) is 0 Å². The highest BCUT2D eigenvalue weighted by atomic mass is 35.5. The van der Waals surface area contributed by atoms with Crippen LogP contribution in [-0.4, -0.2) is 6.34 Å². The first kappa shape index (κ1) is 18.1. The van der Waals surface area contributed by atoms with Crippen LogP contribution >= 0.6 is 0 Å². The fraction of sp³-hybridized carbons (Fsp3) is 0.0455. The molecule has 0 amide bonds. The van der Waals surface area contributed by atoms with Crippen LogP contribution in [-0.2, 0) is 5.54 Å². The van der Waals surface area contributed by atoms with Gasteiger partial charge in [-0.15, -0.1) is 0 Å². The molecule has 1 aliphatic rings. The molecule has 0 aromatic heterocycles. The van der Waals surface area contributed by atoms with Crippen LogP contribution in [0.1, 0.15) is 16.7 Å².